The summed E-state index contributed by atoms with van der Waals surface area (Å²) in [7, 11) is 0. The molecule has 0 amide bonds. The van der Waals surface area contributed by atoms with Gasteiger partial charge in [-0.2, -0.15) is 0 Å². The van der Waals surface area contributed by atoms with Crippen molar-refractivity contribution in [3.05, 3.63) is 243 Å². The Morgan fingerprint density at radius 2 is 0.850 bits per heavy atom. The molecule has 282 valence electrons. The van der Waals surface area contributed by atoms with E-state index in [0.717, 1.165) is 28.3 Å². The smallest absolute Gasteiger partial charge is 0.0547 e. The number of fused-ring (bicyclic) bond motifs is 4. The van der Waals surface area contributed by atoms with Crippen LogP contribution in [0.5, 0.6) is 0 Å². The lowest BCUT2D eigenvalue weighted by atomic mass is 9.95. The molecule has 0 aliphatic rings. The monoisotopic (exact) mass is 764 g/mol. The molecule has 0 saturated heterocycles. The van der Waals surface area contributed by atoms with Gasteiger partial charge in [-0.15, -0.1) is 0 Å². The second-order valence-corrected chi connectivity index (χ2v) is 15.3. The van der Waals surface area contributed by atoms with Gasteiger partial charge in [0.25, 0.3) is 0 Å². The van der Waals surface area contributed by atoms with Gasteiger partial charge < -0.3 is 9.47 Å². The fourth-order valence-electron chi connectivity index (χ4n) is 9.02. The van der Waals surface area contributed by atoms with Crippen LogP contribution in [0, 0.1) is 0 Å². The lowest BCUT2D eigenvalue weighted by molar-refractivity contribution is 1.18. The van der Waals surface area contributed by atoms with E-state index in [4.69, 9.17) is 0 Å². The van der Waals surface area contributed by atoms with E-state index in [9.17, 15) is 0 Å². The Morgan fingerprint density at radius 3 is 1.70 bits per heavy atom. The SMILES string of the molecule is c1ccc(-c2cccc(N(c3ccc(-c4cccc(-c5cccc6ccccc56)c4)cc3)c3ccccc3-c3cccc4c3c3ccccc3n4-c3ccccc3)c2)cc1. The normalized spacial score (nSPS) is 11.3. The minimum atomic E-state index is 1.08. The molecular formula is C58H40N2. The Hall–Kier alpha value is -7.94. The fraction of sp³-hybridized carbons (Fsp3) is 0. The molecule has 0 N–H and O–H groups in total. The maximum atomic E-state index is 2.42. The van der Waals surface area contributed by atoms with Gasteiger partial charge in [-0.25, -0.2) is 0 Å². The van der Waals surface area contributed by atoms with Crippen molar-refractivity contribution in [2.45, 2.75) is 0 Å². The van der Waals surface area contributed by atoms with Crippen molar-refractivity contribution in [2.24, 2.45) is 0 Å². The molecule has 0 aliphatic heterocycles. The Labute approximate surface area is 350 Å². The molecule has 0 saturated carbocycles. The summed E-state index contributed by atoms with van der Waals surface area (Å²) < 4.78 is 2.39. The van der Waals surface area contributed by atoms with Gasteiger partial charge in [-0.05, 0) is 110 Å². The molecule has 1 heterocycles. The summed E-state index contributed by atoms with van der Waals surface area (Å²) in [5.74, 6) is 0. The van der Waals surface area contributed by atoms with Gasteiger partial charge in [0, 0.05) is 33.4 Å². The zero-order valence-electron chi connectivity index (χ0n) is 33.0. The second kappa shape index (κ2) is 15.1. The van der Waals surface area contributed by atoms with Crippen LogP contribution < -0.4 is 4.90 Å². The molecule has 0 spiro atoms. The van der Waals surface area contributed by atoms with Crippen LogP contribution in [0.15, 0.2) is 243 Å². The van der Waals surface area contributed by atoms with E-state index in [1.807, 2.05) is 0 Å². The molecule has 2 nitrogen and oxygen atoms in total. The van der Waals surface area contributed by atoms with Crippen molar-refractivity contribution >= 4 is 49.6 Å². The van der Waals surface area contributed by atoms with E-state index >= 15 is 0 Å². The summed E-state index contributed by atoms with van der Waals surface area (Å²) in [6, 6.07) is 87.9. The minimum Gasteiger partial charge on any atom is -0.310 e. The summed E-state index contributed by atoms with van der Waals surface area (Å²) in [6.45, 7) is 0. The van der Waals surface area contributed by atoms with Crippen LogP contribution in [-0.2, 0) is 0 Å². The van der Waals surface area contributed by atoms with E-state index in [2.05, 4.69) is 252 Å². The molecule has 0 radical (unpaired) electrons. The van der Waals surface area contributed by atoms with Gasteiger partial charge >= 0.3 is 0 Å². The van der Waals surface area contributed by atoms with Crippen molar-refractivity contribution in [3.63, 3.8) is 0 Å². The first kappa shape index (κ1) is 35.2. The van der Waals surface area contributed by atoms with Crippen molar-refractivity contribution < 1.29 is 0 Å². The number of hydrogen-bond acceptors (Lipinski definition) is 1. The number of anilines is 3. The highest BCUT2D eigenvalue weighted by Gasteiger charge is 2.22. The summed E-state index contributed by atoms with van der Waals surface area (Å²) in [6.07, 6.45) is 0. The number of nitrogens with zero attached hydrogens (tertiary/aromatic N) is 2. The number of benzene rings is 10. The van der Waals surface area contributed by atoms with Crippen molar-refractivity contribution in [1.29, 1.82) is 0 Å². The number of hydrogen-bond donors (Lipinski definition) is 0. The van der Waals surface area contributed by atoms with Crippen molar-refractivity contribution in [1.82, 2.24) is 4.57 Å². The van der Waals surface area contributed by atoms with E-state index < -0.39 is 0 Å². The number of para-hydroxylation sites is 3. The third kappa shape index (κ3) is 6.23. The van der Waals surface area contributed by atoms with Crippen LogP contribution in [-0.4, -0.2) is 4.57 Å². The van der Waals surface area contributed by atoms with Gasteiger partial charge in [0.1, 0.15) is 0 Å². The quantitative estimate of drug-likeness (QED) is 0.150. The zero-order valence-corrected chi connectivity index (χ0v) is 33.0. The molecule has 0 bridgehead atoms. The molecule has 0 atom stereocenters. The highest BCUT2D eigenvalue weighted by Crippen LogP contribution is 2.46. The molecular weight excluding hydrogens is 725 g/mol. The average molecular weight is 765 g/mol. The van der Waals surface area contributed by atoms with E-state index in [-0.39, 0.29) is 0 Å². The lowest BCUT2D eigenvalue weighted by Crippen LogP contribution is -2.11. The molecule has 0 fully saturated rings. The third-order valence-electron chi connectivity index (χ3n) is 11.8. The minimum absolute atomic E-state index is 1.08. The molecule has 2 heteroatoms. The summed E-state index contributed by atoms with van der Waals surface area (Å²) >= 11 is 0. The molecule has 11 aromatic rings. The summed E-state index contributed by atoms with van der Waals surface area (Å²) in [5, 5.41) is 4.98. The largest absolute Gasteiger partial charge is 0.310 e. The van der Waals surface area contributed by atoms with Gasteiger partial charge in [0.15, 0.2) is 0 Å². The predicted molar refractivity (Wildman–Crippen MR) is 255 cm³/mol. The molecule has 11 rings (SSSR count). The molecule has 0 unspecified atom stereocenters. The first-order valence-corrected chi connectivity index (χ1v) is 20.6. The van der Waals surface area contributed by atoms with E-state index in [0.29, 0.717) is 0 Å². The van der Waals surface area contributed by atoms with E-state index in [1.54, 1.807) is 0 Å². The third-order valence-corrected chi connectivity index (χ3v) is 11.8. The Balaban J connectivity index is 1.07. The van der Waals surface area contributed by atoms with Crippen molar-refractivity contribution in [2.75, 3.05) is 4.90 Å². The topological polar surface area (TPSA) is 8.17 Å². The van der Waals surface area contributed by atoms with Crippen LogP contribution in [0.2, 0.25) is 0 Å². The maximum absolute atomic E-state index is 2.42. The Morgan fingerprint density at radius 1 is 0.300 bits per heavy atom. The van der Waals surface area contributed by atoms with E-state index in [1.165, 1.54) is 71.5 Å². The molecule has 0 aliphatic carbocycles. The first-order chi connectivity index (χ1) is 29.8. The van der Waals surface area contributed by atoms with Gasteiger partial charge in [0.2, 0.25) is 0 Å². The maximum Gasteiger partial charge on any atom is 0.0547 e. The van der Waals surface area contributed by atoms with Crippen molar-refractivity contribution in [3.8, 4) is 50.2 Å². The van der Waals surface area contributed by atoms with Crippen LogP contribution in [0.1, 0.15) is 0 Å². The van der Waals surface area contributed by atoms with Gasteiger partial charge in [0.05, 0.1) is 16.7 Å². The first-order valence-electron chi connectivity index (χ1n) is 20.6. The van der Waals surface area contributed by atoms with Gasteiger partial charge in [-0.3, -0.25) is 0 Å². The lowest BCUT2D eigenvalue weighted by Gasteiger charge is -2.28. The average Bonchev–Trinajstić information content (AvgIpc) is 3.67. The highest BCUT2D eigenvalue weighted by molar-refractivity contribution is 6.17. The standard InChI is InChI=1S/C58H40N2/c1-3-17-41(18-4-1)45-22-14-26-49(40-45)59(48-37-35-42(36-38-48)44-21-13-23-46(39-44)51-30-15-20-43-19-7-8-27-50(43)51)55-32-11-9-28-52(55)53-31-16-34-57-58(53)54-29-10-12-33-56(54)60(57)47-24-5-2-6-25-47/h1-40H. The van der Waals surface area contributed by atoms with Crippen LogP contribution in [0.25, 0.3) is 82.8 Å². The fourth-order valence-corrected chi connectivity index (χ4v) is 9.02. The Bertz CT molecular complexity index is 3300. The Kier molecular flexibility index (Phi) is 8.87. The predicted octanol–water partition coefficient (Wildman–Crippen LogP) is 16.1. The van der Waals surface area contributed by atoms with Crippen LogP contribution in [0.4, 0.5) is 17.1 Å². The van der Waals surface area contributed by atoms with Crippen LogP contribution >= 0.6 is 0 Å². The second-order valence-electron chi connectivity index (χ2n) is 15.3. The summed E-state index contributed by atoms with van der Waals surface area (Å²) in [4.78, 5) is 2.42. The number of rotatable bonds is 8. The van der Waals surface area contributed by atoms with Gasteiger partial charge in [-0.1, -0.05) is 182 Å². The highest BCUT2D eigenvalue weighted by atomic mass is 15.1. The summed E-state index contributed by atoms with van der Waals surface area (Å²) in [5.41, 5.74) is 16.3. The number of aromatic nitrogens is 1. The molecule has 1 aromatic heterocycles. The molecule has 60 heavy (non-hydrogen) atoms. The zero-order chi connectivity index (χ0) is 39.8. The molecule has 10 aromatic carbocycles. The van der Waals surface area contributed by atoms with Crippen LogP contribution in [0.3, 0.4) is 0 Å².